The molecular weight excluding hydrogens is 141 g/mol. The molecule has 34 valence electrons. The Bertz CT molecular complexity index is 81.7. The van der Waals surface area contributed by atoms with Crippen molar-refractivity contribution in [1.82, 2.24) is 0 Å². The van der Waals surface area contributed by atoms with E-state index < -0.39 is 11.0 Å². The minimum absolute atomic E-state index is 0. The van der Waals surface area contributed by atoms with Crippen LogP contribution in [0.2, 0.25) is 0 Å². The van der Waals surface area contributed by atoms with Crippen LogP contribution >= 0.6 is 12.2 Å². The third-order valence-electron chi connectivity index (χ3n) is 0.201. The van der Waals surface area contributed by atoms with Gasteiger partial charge in [0, 0.05) is 5.05 Å². The van der Waals surface area contributed by atoms with E-state index in [1.54, 1.807) is 0 Å². The molecule has 0 saturated carbocycles. The molecule has 2 N–H and O–H groups in total. The van der Waals surface area contributed by atoms with Crippen LogP contribution in [-0.2, 0) is 4.79 Å². The molecule has 0 heterocycles. The van der Waals surface area contributed by atoms with Crippen LogP contribution in [0.4, 0.5) is 0 Å². The third kappa shape index (κ3) is 7.00. The Morgan fingerprint density at radius 2 is 1.86 bits per heavy atom. The summed E-state index contributed by atoms with van der Waals surface area (Å²) >= 11 is 3.79. The number of primary amides is 1. The maximum Gasteiger partial charge on any atom is 1.00 e. The van der Waals surface area contributed by atoms with Gasteiger partial charge in [-0.15, -0.1) is 0 Å². The SMILES string of the molecule is NC(=O)C([O-])=S.[K+]. The van der Waals surface area contributed by atoms with Gasteiger partial charge in [0.2, 0.25) is 5.91 Å². The molecule has 0 aliphatic rings. The second-order valence-corrected chi connectivity index (χ2v) is 1.02. The molecule has 0 rings (SSSR count). The molecule has 0 aromatic rings. The first-order valence-corrected chi connectivity index (χ1v) is 1.56. The molecule has 0 aromatic heterocycles. The summed E-state index contributed by atoms with van der Waals surface area (Å²) in [7, 11) is 0. The van der Waals surface area contributed by atoms with Gasteiger partial charge in [-0.05, 0) is 0 Å². The van der Waals surface area contributed by atoms with Gasteiger partial charge < -0.3 is 10.8 Å². The molecule has 0 spiro atoms. The van der Waals surface area contributed by atoms with Crippen LogP contribution in [0.15, 0.2) is 0 Å². The van der Waals surface area contributed by atoms with Crippen molar-refractivity contribution in [3.8, 4) is 0 Å². The maximum absolute atomic E-state index is 9.48. The second kappa shape index (κ2) is 5.14. The van der Waals surface area contributed by atoms with Gasteiger partial charge in [-0.1, -0.05) is 12.2 Å². The van der Waals surface area contributed by atoms with Gasteiger partial charge in [-0.3, -0.25) is 4.79 Å². The van der Waals surface area contributed by atoms with E-state index in [0.717, 1.165) is 0 Å². The Morgan fingerprint density at radius 3 is 1.86 bits per heavy atom. The average molecular weight is 143 g/mol. The number of thiocarbonyl (C=S) groups is 1. The van der Waals surface area contributed by atoms with Crippen molar-refractivity contribution in [2.24, 2.45) is 5.73 Å². The van der Waals surface area contributed by atoms with E-state index in [4.69, 9.17) is 0 Å². The van der Waals surface area contributed by atoms with E-state index in [9.17, 15) is 9.90 Å². The van der Waals surface area contributed by atoms with E-state index in [1.807, 2.05) is 0 Å². The first-order valence-electron chi connectivity index (χ1n) is 1.15. The fourth-order valence-corrected chi connectivity index (χ4v) is 0. The summed E-state index contributed by atoms with van der Waals surface area (Å²) in [5, 5.41) is 8.47. The number of hydrogen-bond donors (Lipinski definition) is 1. The van der Waals surface area contributed by atoms with Crippen LogP contribution in [0.3, 0.4) is 0 Å². The van der Waals surface area contributed by atoms with Crippen molar-refractivity contribution in [1.29, 1.82) is 0 Å². The zero-order valence-electron chi connectivity index (χ0n) is 3.80. The molecule has 1 amide bonds. The van der Waals surface area contributed by atoms with Gasteiger partial charge in [0.05, 0.1) is 0 Å². The summed E-state index contributed by atoms with van der Waals surface area (Å²) < 4.78 is 0. The predicted molar refractivity (Wildman–Crippen MR) is 21.8 cm³/mol. The zero-order valence-corrected chi connectivity index (χ0v) is 7.74. The fourth-order valence-electron chi connectivity index (χ4n) is 0. The van der Waals surface area contributed by atoms with Crippen LogP contribution in [0.1, 0.15) is 0 Å². The molecule has 0 aromatic carbocycles. The van der Waals surface area contributed by atoms with Crippen molar-refractivity contribution < 1.29 is 61.3 Å². The summed E-state index contributed by atoms with van der Waals surface area (Å²) in [6.07, 6.45) is 0. The Balaban J connectivity index is 0. The summed E-state index contributed by atoms with van der Waals surface area (Å²) in [6.45, 7) is 0. The number of carbonyl (C=O) groups is 1. The quantitative estimate of drug-likeness (QED) is 0.273. The van der Waals surface area contributed by atoms with Crippen molar-refractivity contribution in [3.05, 3.63) is 0 Å². The number of carbonyl (C=O) groups excluding carboxylic acids is 1. The first kappa shape index (κ1) is 10.9. The van der Waals surface area contributed by atoms with Gasteiger partial charge in [-0.2, -0.15) is 0 Å². The van der Waals surface area contributed by atoms with E-state index in [-0.39, 0.29) is 51.4 Å². The van der Waals surface area contributed by atoms with Gasteiger partial charge in [0.1, 0.15) is 0 Å². The maximum atomic E-state index is 9.48. The second-order valence-electron chi connectivity index (χ2n) is 0.652. The molecule has 0 atom stereocenters. The molecule has 0 aliphatic carbocycles. The fraction of sp³-hybridized carbons (Fsp3) is 0. The predicted octanol–water partition coefficient (Wildman–Crippen LogP) is -4.84. The Hall–Kier alpha value is 0.996. The molecular formula is C2H2KNO2S. The van der Waals surface area contributed by atoms with E-state index in [2.05, 4.69) is 18.0 Å². The smallest absolute Gasteiger partial charge is 0.861 e. The van der Waals surface area contributed by atoms with Gasteiger partial charge >= 0.3 is 51.4 Å². The largest absolute Gasteiger partial charge is 1.00 e. The van der Waals surface area contributed by atoms with Crippen LogP contribution in [0, 0.1) is 0 Å². The molecule has 0 fully saturated rings. The van der Waals surface area contributed by atoms with Gasteiger partial charge in [0.25, 0.3) is 0 Å². The van der Waals surface area contributed by atoms with Crippen molar-refractivity contribution in [2.45, 2.75) is 0 Å². The Morgan fingerprint density at radius 1 is 1.71 bits per heavy atom. The summed E-state index contributed by atoms with van der Waals surface area (Å²) in [5.74, 6) is -1.06. The van der Waals surface area contributed by atoms with E-state index in [1.165, 1.54) is 0 Å². The Labute approximate surface area is 88.7 Å². The standard InChI is InChI=1S/C2H3NO2S.K/c3-1(4)2(5)6;/h(H2,3,4)(H,5,6);/q;+1/p-1. The normalized spacial score (nSPS) is 6.29. The van der Waals surface area contributed by atoms with Crippen molar-refractivity contribution in [3.63, 3.8) is 0 Å². The summed E-state index contributed by atoms with van der Waals surface area (Å²) in [5.41, 5.74) is 4.34. The van der Waals surface area contributed by atoms with Crippen LogP contribution < -0.4 is 62.2 Å². The minimum Gasteiger partial charge on any atom is -0.861 e. The Kier molecular flexibility index (Phi) is 7.99. The third-order valence-corrected chi connectivity index (χ3v) is 0.402. The molecule has 3 nitrogen and oxygen atoms in total. The molecule has 0 radical (unpaired) electrons. The molecule has 0 aliphatic heterocycles. The molecule has 5 heteroatoms. The van der Waals surface area contributed by atoms with Crippen molar-refractivity contribution >= 4 is 23.2 Å². The van der Waals surface area contributed by atoms with Crippen LogP contribution in [0.5, 0.6) is 0 Å². The molecule has 0 unspecified atom stereocenters. The number of nitrogens with two attached hydrogens (primary N) is 1. The van der Waals surface area contributed by atoms with Gasteiger partial charge in [0.15, 0.2) is 0 Å². The van der Waals surface area contributed by atoms with E-state index in [0.29, 0.717) is 0 Å². The first-order chi connectivity index (χ1) is 2.64. The monoisotopic (exact) mass is 143 g/mol. The molecule has 7 heavy (non-hydrogen) atoms. The molecule has 0 bridgehead atoms. The zero-order chi connectivity index (χ0) is 5.15. The number of amides is 1. The van der Waals surface area contributed by atoms with Crippen LogP contribution in [-0.4, -0.2) is 11.0 Å². The van der Waals surface area contributed by atoms with Crippen LogP contribution in [0.25, 0.3) is 0 Å². The van der Waals surface area contributed by atoms with Crippen molar-refractivity contribution in [2.75, 3.05) is 0 Å². The van der Waals surface area contributed by atoms with Gasteiger partial charge in [-0.25, -0.2) is 0 Å². The summed E-state index contributed by atoms with van der Waals surface area (Å²) in [4.78, 5) is 9.47. The number of rotatable bonds is 0. The summed E-state index contributed by atoms with van der Waals surface area (Å²) in [6, 6.07) is 0. The van der Waals surface area contributed by atoms with E-state index >= 15 is 0 Å². The molecule has 0 saturated heterocycles. The average Bonchev–Trinajstić information content (AvgIpc) is 1.36. The number of hydrogen-bond acceptors (Lipinski definition) is 3. The topological polar surface area (TPSA) is 66.2 Å². The minimum atomic E-state index is -1.06.